The van der Waals surface area contributed by atoms with Crippen molar-refractivity contribution in [2.45, 2.75) is 27.7 Å². The van der Waals surface area contributed by atoms with Crippen LogP contribution in [0.15, 0.2) is 211 Å². The molecule has 10 aromatic carbocycles. The second-order valence-corrected chi connectivity index (χ2v) is 20.7. The van der Waals surface area contributed by atoms with E-state index >= 15 is 0 Å². The fraction of sp³-hybridized carbons (Fsp3) is 0.0571. The minimum atomic E-state index is 0.516. The Morgan fingerprint density at radius 3 is 1.12 bits per heavy atom. The highest BCUT2D eigenvalue weighted by Crippen LogP contribution is 2.54. The van der Waals surface area contributed by atoms with Crippen LogP contribution in [0.3, 0.4) is 0 Å². The summed E-state index contributed by atoms with van der Waals surface area (Å²) in [5.74, 6) is 0. The van der Waals surface area contributed by atoms with Crippen molar-refractivity contribution in [2.24, 2.45) is 0 Å². The van der Waals surface area contributed by atoms with Gasteiger partial charge in [0.25, 0.3) is 0 Å². The molecule has 0 fully saturated rings. The minimum absolute atomic E-state index is 0.516. The quantitative estimate of drug-likeness (QED) is 0.172. The summed E-state index contributed by atoms with van der Waals surface area (Å²) in [5, 5.41) is 22.9. The Morgan fingerprint density at radius 2 is 0.714 bits per heavy atom. The molecule has 0 atom stereocenters. The molecule has 0 radical (unpaired) electrons. The average Bonchev–Trinajstić information content (AvgIpc) is 4.18. The standard InChI is InChI=1S/C70H46N6O/c1-40-19-13-33-55-60(40)44-23-5-9-29-51(44)73(55)66-50(39-71)67(74-52-30-10-6-24-45(52)61-41(2)20-14-34-56(61)74)69(76-54-32-12-8-26-47(54)63-43(4)22-16-36-58(63)76)64(48-27-17-28-49-65-59(77-70(48)49)37-18-38-72-65)68(66)75-53-31-11-7-25-46(53)62-42(3)21-15-35-57(62)75/h5-38H,1-4H3. The van der Waals surface area contributed by atoms with E-state index < -0.39 is 0 Å². The van der Waals surface area contributed by atoms with E-state index in [0.717, 1.165) is 154 Å². The maximum absolute atomic E-state index is 13.0. The molecular formula is C70H46N6O. The Labute approximate surface area is 441 Å². The van der Waals surface area contributed by atoms with Gasteiger partial charge in [-0.1, -0.05) is 133 Å². The molecule has 77 heavy (non-hydrogen) atoms. The lowest BCUT2D eigenvalue weighted by atomic mass is 9.92. The van der Waals surface area contributed by atoms with Crippen molar-refractivity contribution in [3.63, 3.8) is 0 Å². The lowest BCUT2D eigenvalue weighted by molar-refractivity contribution is 0.669. The fourth-order valence-electron chi connectivity index (χ4n) is 13.5. The zero-order valence-electron chi connectivity index (χ0n) is 42.7. The van der Waals surface area contributed by atoms with Crippen molar-refractivity contribution in [2.75, 3.05) is 0 Å². The van der Waals surface area contributed by atoms with Crippen LogP contribution < -0.4 is 0 Å². The van der Waals surface area contributed by atoms with Crippen molar-refractivity contribution in [1.82, 2.24) is 23.3 Å². The van der Waals surface area contributed by atoms with E-state index in [1.54, 1.807) is 0 Å². The highest BCUT2D eigenvalue weighted by molar-refractivity contribution is 6.20. The molecule has 7 heteroatoms. The second-order valence-electron chi connectivity index (χ2n) is 20.7. The van der Waals surface area contributed by atoms with Crippen LogP contribution in [0.2, 0.25) is 0 Å². The molecule has 0 saturated carbocycles. The van der Waals surface area contributed by atoms with E-state index in [2.05, 4.69) is 240 Å². The van der Waals surface area contributed by atoms with Crippen molar-refractivity contribution in [3.8, 4) is 39.9 Å². The van der Waals surface area contributed by atoms with E-state index in [1.165, 1.54) is 0 Å². The van der Waals surface area contributed by atoms with Crippen LogP contribution >= 0.6 is 0 Å². The van der Waals surface area contributed by atoms with Gasteiger partial charge in [0.05, 0.1) is 66.9 Å². The van der Waals surface area contributed by atoms with Gasteiger partial charge in [-0.3, -0.25) is 4.98 Å². The molecule has 0 aliphatic rings. The summed E-state index contributed by atoms with van der Waals surface area (Å²) in [5.41, 5.74) is 20.4. The molecule has 0 N–H and O–H groups in total. The predicted octanol–water partition coefficient (Wildman–Crippen LogP) is 18.1. The molecule has 0 unspecified atom stereocenters. The summed E-state index contributed by atoms with van der Waals surface area (Å²) in [7, 11) is 0. The van der Waals surface area contributed by atoms with Gasteiger partial charge in [0.2, 0.25) is 0 Å². The Hall–Kier alpha value is -10.2. The van der Waals surface area contributed by atoms with Crippen LogP contribution in [0.5, 0.6) is 0 Å². The number of benzene rings is 10. The number of hydrogen-bond donors (Lipinski definition) is 0. The highest BCUT2D eigenvalue weighted by Gasteiger charge is 2.36. The number of nitriles is 1. The number of nitrogens with zero attached hydrogens (tertiary/aromatic N) is 6. The number of hydrogen-bond acceptors (Lipinski definition) is 3. The monoisotopic (exact) mass is 986 g/mol. The van der Waals surface area contributed by atoms with Crippen LogP contribution in [-0.2, 0) is 0 Å². The molecule has 16 aromatic rings. The molecule has 16 rings (SSSR count). The van der Waals surface area contributed by atoms with Crippen LogP contribution in [0.25, 0.3) is 143 Å². The largest absolute Gasteiger partial charge is 0.454 e. The summed E-state index contributed by atoms with van der Waals surface area (Å²) in [6, 6.07) is 74.8. The van der Waals surface area contributed by atoms with Gasteiger partial charge in [-0.25, -0.2) is 0 Å². The number of furan rings is 1. The lowest BCUT2D eigenvalue weighted by Crippen LogP contribution is -2.16. The van der Waals surface area contributed by atoms with E-state index in [0.29, 0.717) is 16.7 Å². The van der Waals surface area contributed by atoms with E-state index in [1.807, 2.05) is 18.3 Å². The smallest absolute Gasteiger partial charge is 0.153 e. The molecule has 0 aliphatic carbocycles. The number of para-hydroxylation sites is 5. The highest BCUT2D eigenvalue weighted by atomic mass is 16.3. The predicted molar refractivity (Wildman–Crippen MR) is 318 cm³/mol. The second kappa shape index (κ2) is 15.9. The number of aromatic nitrogens is 5. The molecular weight excluding hydrogens is 941 g/mol. The third-order valence-electron chi connectivity index (χ3n) is 16.5. The van der Waals surface area contributed by atoms with E-state index in [4.69, 9.17) is 9.40 Å². The number of fused-ring (bicyclic) bond motifs is 15. The number of aryl methyl sites for hydroxylation is 4. The first kappa shape index (κ1) is 43.3. The normalized spacial score (nSPS) is 12.1. The van der Waals surface area contributed by atoms with Gasteiger partial charge >= 0.3 is 0 Å². The van der Waals surface area contributed by atoms with Crippen molar-refractivity contribution >= 4 is 109 Å². The summed E-state index contributed by atoms with van der Waals surface area (Å²) in [6.45, 7) is 8.81. The topological polar surface area (TPSA) is 69.5 Å². The van der Waals surface area contributed by atoms with Gasteiger partial charge in [0, 0.05) is 65.8 Å². The molecule has 0 bridgehead atoms. The molecule has 6 aromatic heterocycles. The molecule has 6 heterocycles. The SMILES string of the molecule is Cc1cccc2c1c1ccccc1n2-c1c(C#N)c(-n2c3ccccc3c3c(C)cccc32)c(-n2c3ccccc3c3c(C)cccc32)c(-c2cccc3c2oc2cccnc23)c1-n1c2ccccc2c2c(C)cccc21. The molecule has 7 nitrogen and oxygen atoms in total. The summed E-state index contributed by atoms with van der Waals surface area (Å²) < 4.78 is 17.0. The number of rotatable bonds is 5. The van der Waals surface area contributed by atoms with Gasteiger partial charge in [-0.15, -0.1) is 0 Å². The third kappa shape index (κ3) is 5.71. The summed E-state index contributed by atoms with van der Waals surface area (Å²) >= 11 is 0. The minimum Gasteiger partial charge on any atom is -0.454 e. The zero-order valence-corrected chi connectivity index (χ0v) is 42.7. The third-order valence-corrected chi connectivity index (χ3v) is 16.5. The van der Waals surface area contributed by atoms with Crippen molar-refractivity contribution in [3.05, 3.63) is 234 Å². The number of pyridine rings is 1. The first-order valence-electron chi connectivity index (χ1n) is 26.3. The zero-order chi connectivity index (χ0) is 51.4. The van der Waals surface area contributed by atoms with Crippen molar-refractivity contribution in [1.29, 1.82) is 5.26 Å². The average molecular weight is 987 g/mol. The molecule has 0 aliphatic heterocycles. The molecule has 0 amide bonds. The van der Waals surface area contributed by atoms with Crippen LogP contribution in [0.4, 0.5) is 0 Å². The van der Waals surface area contributed by atoms with Crippen LogP contribution in [0, 0.1) is 39.0 Å². The lowest BCUT2D eigenvalue weighted by Gasteiger charge is -2.29. The maximum Gasteiger partial charge on any atom is 0.153 e. The first-order chi connectivity index (χ1) is 37.9. The maximum atomic E-state index is 13.0. The van der Waals surface area contributed by atoms with Gasteiger partial charge in [0.15, 0.2) is 5.58 Å². The Balaban J connectivity index is 1.31. The fourth-order valence-corrected chi connectivity index (χ4v) is 13.5. The Morgan fingerprint density at radius 1 is 0.364 bits per heavy atom. The van der Waals surface area contributed by atoms with Gasteiger partial charge in [-0.05, 0) is 117 Å². The van der Waals surface area contributed by atoms with Gasteiger partial charge in [-0.2, -0.15) is 5.26 Å². The summed E-state index contributed by atoms with van der Waals surface area (Å²) in [4.78, 5) is 4.97. The summed E-state index contributed by atoms with van der Waals surface area (Å²) in [6.07, 6.45) is 1.84. The Kier molecular flexibility index (Phi) is 8.95. The molecule has 0 spiro atoms. The van der Waals surface area contributed by atoms with E-state index in [-0.39, 0.29) is 0 Å². The van der Waals surface area contributed by atoms with Gasteiger partial charge in [0.1, 0.15) is 22.7 Å². The molecule has 362 valence electrons. The van der Waals surface area contributed by atoms with Crippen molar-refractivity contribution < 1.29 is 4.42 Å². The molecule has 0 saturated heterocycles. The van der Waals surface area contributed by atoms with Crippen LogP contribution in [0.1, 0.15) is 27.8 Å². The first-order valence-corrected chi connectivity index (χ1v) is 26.3. The Bertz CT molecular complexity index is 5030. The van der Waals surface area contributed by atoms with Gasteiger partial charge < -0.3 is 22.7 Å². The van der Waals surface area contributed by atoms with E-state index in [9.17, 15) is 5.26 Å². The van der Waals surface area contributed by atoms with Crippen LogP contribution in [-0.4, -0.2) is 23.3 Å².